The number of amides is 1. The van der Waals surface area contributed by atoms with Gasteiger partial charge in [0.05, 0.1) is 5.25 Å². The average molecular weight is 370 g/mol. The summed E-state index contributed by atoms with van der Waals surface area (Å²) in [6.07, 6.45) is 0.655. The van der Waals surface area contributed by atoms with E-state index in [2.05, 4.69) is 15.5 Å². The van der Waals surface area contributed by atoms with Crippen LogP contribution in [-0.2, 0) is 11.8 Å². The Morgan fingerprint density at radius 3 is 2.50 bits per heavy atom. The molecule has 0 aliphatic rings. The van der Waals surface area contributed by atoms with Crippen molar-refractivity contribution < 1.29 is 9.18 Å². The minimum absolute atomic E-state index is 0.0740. The van der Waals surface area contributed by atoms with Gasteiger partial charge in [-0.05, 0) is 42.8 Å². The SMILES string of the molecule is CC[C@@H](Sc1nnc(-c2ccc(F)cc2)n1C)C(=O)Nc1ccccc1. The van der Waals surface area contributed by atoms with Crippen LogP contribution in [-0.4, -0.2) is 25.9 Å². The summed E-state index contributed by atoms with van der Waals surface area (Å²) in [5.74, 6) is 0.259. The summed E-state index contributed by atoms with van der Waals surface area (Å²) in [4.78, 5) is 12.5. The summed E-state index contributed by atoms with van der Waals surface area (Å²) in [5.41, 5.74) is 1.54. The molecule has 1 amide bonds. The Bertz CT molecular complexity index is 880. The van der Waals surface area contributed by atoms with E-state index in [4.69, 9.17) is 0 Å². The van der Waals surface area contributed by atoms with Crippen molar-refractivity contribution in [2.45, 2.75) is 23.8 Å². The van der Waals surface area contributed by atoms with Crippen LogP contribution in [0.15, 0.2) is 59.8 Å². The maximum atomic E-state index is 13.1. The van der Waals surface area contributed by atoms with E-state index in [1.807, 2.05) is 48.9 Å². The molecule has 0 aliphatic carbocycles. The Labute approximate surface area is 155 Å². The molecule has 0 bridgehead atoms. The highest BCUT2D eigenvalue weighted by Gasteiger charge is 2.22. The number of para-hydroxylation sites is 1. The largest absolute Gasteiger partial charge is 0.325 e. The molecule has 0 saturated heterocycles. The van der Waals surface area contributed by atoms with Gasteiger partial charge in [0.1, 0.15) is 5.82 Å². The van der Waals surface area contributed by atoms with Crippen LogP contribution in [0.2, 0.25) is 0 Å². The normalized spacial score (nSPS) is 12.0. The van der Waals surface area contributed by atoms with Gasteiger partial charge in [0, 0.05) is 18.3 Å². The Kier molecular flexibility index (Phi) is 5.68. The molecule has 0 radical (unpaired) electrons. The Morgan fingerprint density at radius 2 is 1.85 bits per heavy atom. The number of anilines is 1. The minimum atomic E-state index is -0.297. The fourth-order valence-corrected chi connectivity index (χ4v) is 3.38. The zero-order valence-electron chi connectivity index (χ0n) is 14.5. The van der Waals surface area contributed by atoms with Crippen molar-refractivity contribution in [3.8, 4) is 11.4 Å². The third-order valence-electron chi connectivity index (χ3n) is 3.89. The molecule has 3 aromatic rings. The van der Waals surface area contributed by atoms with E-state index in [9.17, 15) is 9.18 Å². The van der Waals surface area contributed by atoms with Gasteiger partial charge >= 0.3 is 0 Å². The summed E-state index contributed by atoms with van der Waals surface area (Å²) in [5, 5.41) is 11.6. The van der Waals surface area contributed by atoms with Gasteiger partial charge < -0.3 is 9.88 Å². The van der Waals surface area contributed by atoms with Crippen molar-refractivity contribution in [1.82, 2.24) is 14.8 Å². The number of thioether (sulfide) groups is 1. The molecule has 3 rings (SSSR count). The highest BCUT2D eigenvalue weighted by Crippen LogP contribution is 2.28. The van der Waals surface area contributed by atoms with Crippen molar-refractivity contribution in [3.63, 3.8) is 0 Å². The number of aromatic nitrogens is 3. The number of carbonyl (C=O) groups is 1. The second-order valence-corrected chi connectivity index (χ2v) is 6.91. The van der Waals surface area contributed by atoms with Crippen LogP contribution in [0, 0.1) is 5.82 Å². The first-order chi connectivity index (χ1) is 12.6. The van der Waals surface area contributed by atoms with E-state index >= 15 is 0 Å². The van der Waals surface area contributed by atoms with Crippen LogP contribution in [0.25, 0.3) is 11.4 Å². The van der Waals surface area contributed by atoms with Gasteiger partial charge in [-0.25, -0.2) is 4.39 Å². The summed E-state index contributed by atoms with van der Waals surface area (Å²) < 4.78 is 14.9. The molecule has 2 aromatic carbocycles. The number of carbonyl (C=O) groups excluding carboxylic acids is 1. The first-order valence-electron chi connectivity index (χ1n) is 8.26. The van der Waals surface area contributed by atoms with Crippen LogP contribution in [0.3, 0.4) is 0 Å². The highest BCUT2D eigenvalue weighted by molar-refractivity contribution is 8.00. The van der Waals surface area contributed by atoms with Gasteiger partial charge in [-0.1, -0.05) is 36.9 Å². The Morgan fingerprint density at radius 1 is 1.15 bits per heavy atom. The lowest BCUT2D eigenvalue weighted by Gasteiger charge is -2.14. The van der Waals surface area contributed by atoms with Crippen molar-refractivity contribution in [2.75, 3.05) is 5.32 Å². The number of nitrogens with one attached hydrogen (secondary N) is 1. The summed E-state index contributed by atoms with van der Waals surface area (Å²) >= 11 is 1.36. The Hall–Kier alpha value is -2.67. The van der Waals surface area contributed by atoms with E-state index < -0.39 is 0 Å². The third kappa shape index (κ3) is 4.11. The first-order valence-corrected chi connectivity index (χ1v) is 9.14. The zero-order chi connectivity index (χ0) is 18.5. The van der Waals surface area contributed by atoms with E-state index in [-0.39, 0.29) is 17.0 Å². The van der Waals surface area contributed by atoms with Crippen LogP contribution in [0.5, 0.6) is 0 Å². The molecule has 0 unspecified atom stereocenters. The summed E-state index contributed by atoms with van der Waals surface area (Å²) in [6, 6.07) is 15.5. The van der Waals surface area contributed by atoms with Crippen molar-refractivity contribution in [3.05, 3.63) is 60.4 Å². The number of nitrogens with zero attached hydrogens (tertiary/aromatic N) is 3. The molecule has 134 valence electrons. The molecule has 0 fully saturated rings. The number of halogens is 1. The molecule has 1 atom stereocenters. The number of rotatable bonds is 6. The molecule has 1 N–H and O–H groups in total. The summed E-state index contributed by atoms with van der Waals surface area (Å²) in [6.45, 7) is 1.96. The number of hydrogen-bond acceptors (Lipinski definition) is 4. The molecule has 1 heterocycles. The molecule has 0 spiro atoms. The lowest BCUT2D eigenvalue weighted by molar-refractivity contribution is -0.115. The molecule has 1 aromatic heterocycles. The van der Waals surface area contributed by atoms with Crippen LogP contribution < -0.4 is 5.32 Å². The average Bonchev–Trinajstić information content (AvgIpc) is 3.01. The lowest BCUT2D eigenvalue weighted by Crippen LogP contribution is -2.24. The van der Waals surface area contributed by atoms with Gasteiger partial charge in [-0.15, -0.1) is 10.2 Å². The fourth-order valence-electron chi connectivity index (χ4n) is 2.46. The van der Waals surface area contributed by atoms with E-state index in [0.717, 1.165) is 11.3 Å². The van der Waals surface area contributed by atoms with E-state index in [0.29, 0.717) is 17.4 Å². The minimum Gasteiger partial charge on any atom is -0.325 e. The van der Waals surface area contributed by atoms with Crippen LogP contribution >= 0.6 is 11.8 Å². The monoisotopic (exact) mass is 370 g/mol. The quantitative estimate of drug-likeness (QED) is 0.663. The topological polar surface area (TPSA) is 59.8 Å². The van der Waals surface area contributed by atoms with Gasteiger partial charge in [-0.2, -0.15) is 0 Å². The van der Waals surface area contributed by atoms with Gasteiger partial charge in [0.2, 0.25) is 5.91 Å². The molecular weight excluding hydrogens is 351 g/mol. The first kappa shape index (κ1) is 18.1. The van der Waals surface area contributed by atoms with Gasteiger partial charge in [-0.3, -0.25) is 4.79 Å². The summed E-state index contributed by atoms with van der Waals surface area (Å²) in [7, 11) is 1.84. The smallest absolute Gasteiger partial charge is 0.237 e. The second-order valence-electron chi connectivity index (χ2n) is 5.74. The molecule has 7 heteroatoms. The maximum absolute atomic E-state index is 13.1. The molecular formula is C19H19FN4OS. The lowest BCUT2D eigenvalue weighted by atomic mass is 10.2. The number of hydrogen-bond donors (Lipinski definition) is 1. The van der Waals surface area contributed by atoms with E-state index in [1.54, 1.807) is 12.1 Å². The van der Waals surface area contributed by atoms with Gasteiger partial charge in [0.15, 0.2) is 11.0 Å². The zero-order valence-corrected chi connectivity index (χ0v) is 15.3. The number of benzene rings is 2. The van der Waals surface area contributed by atoms with Crippen LogP contribution in [0.1, 0.15) is 13.3 Å². The maximum Gasteiger partial charge on any atom is 0.237 e. The highest BCUT2D eigenvalue weighted by atomic mass is 32.2. The van der Waals surface area contributed by atoms with Crippen molar-refractivity contribution >= 4 is 23.4 Å². The molecule has 0 saturated carbocycles. The van der Waals surface area contributed by atoms with Crippen molar-refractivity contribution in [2.24, 2.45) is 7.05 Å². The standard InChI is InChI=1S/C19H19FN4OS/c1-3-16(18(25)21-15-7-5-4-6-8-15)26-19-23-22-17(24(19)2)13-9-11-14(20)12-10-13/h4-12,16H,3H2,1-2H3,(H,21,25)/t16-/m1/s1. The fraction of sp³-hybridized carbons (Fsp3) is 0.211. The predicted molar refractivity (Wildman–Crippen MR) is 101 cm³/mol. The van der Waals surface area contributed by atoms with Crippen molar-refractivity contribution in [1.29, 1.82) is 0 Å². The van der Waals surface area contributed by atoms with Crippen LogP contribution in [0.4, 0.5) is 10.1 Å². The Balaban J connectivity index is 1.74. The molecule has 5 nitrogen and oxygen atoms in total. The predicted octanol–water partition coefficient (Wildman–Crippen LogP) is 4.13. The third-order valence-corrected chi connectivity index (χ3v) is 5.29. The second kappa shape index (κ2) is 8.14. The molecule has 26 heavy (non-hydrogen) atoms. The van der Waals surface area contributed by atoms with E-state index in [1.165, 1.54) is 23.9 Å². The van der Waals surface area contributed by atoms with Gasteiger partial charge in [0.25, 0.3) is 0 Å². The molecule has 0 aliphatic heterocycles.